The topological polar surface area (TPSA) is 154 Å². The summed E-state index contributed by atoms with van der Waals surface area (Å²) < 4.78 is 5.34. The number of benzene rings is 1. The number of primary amides is 1. The van der Waals surface area contributed by atoms with Crippen LogP contribution in [0.15, 0.2) is 30.3 Å². The molecule has 9 heteroatoms. The molecular weight excluding hydrogens is 388 g/mol. The zero-order valence-corrected chi connectivity index (χ0v) is 17.7. The molecule has 0 saturated heterocycles. The number of hydrogen-bond acceptors (Lipinski definition) is 6. The average Bonchev–Trinajstić information content (AvgIpc) is 2.69. The van der Waals surface area contributed by atoms with Crippen LogP contribution in [-0.4, -0.2) is 41.8 Å². The molecule has 0 saturated carbocycles. The van der Waals surface area contributed by atoms with Crippen molar-refractivity contribution >= 4 is 23.7 Å². The van der Waals surface area contributed by atoms with Crippen LogP contribution in [0.3, 0.4) is 0 Å². The van der Waals surface area contributed by atoms with Crippen LogP contribution in [0.5, 0.6) is 0 Å². The summed E-state index contributed by atoms with van der Waals surface area (Å²) in [5.74, 6) is -2.09. The van der Waals surface area contributed by atoms with Crippen LogP contribution in [0.25, 0.3) is 0 Å². The van der Waals surface area contributed by atoms with Crippen molar-refractivity contribution in [3.63, 3.8) is 0 Å². The smallest absolute Gasteiger partial charge is 0.328 e. The lowest BCUT2D eigenvalue weighted by atomic mass is 10.0. The third-order valence-electron chi connectivity index (χ3n) is 4.32. The molecule has 0 heterocycles. The van der Waals surface area contributed by atoms with Gasteiger partial charge in [0.15, 0.2) is 0 Å². The van der Waals surface area contributed by atoms with Crippen LogP contribution >= 0.6 is 0 Å². The van der Waals surface area contributed by atoms with Crippen molar-refractivity contribution in [2.24, 2.45) is 17.4 Å². The van der Waals surface area contributed by atoms with Gasteiger partial charge in [-0.2, -0.15) is 0 Å². The molecule has 0 aromatic heterocycles. The Morgan fingerprint density at radius 3 is 2.20 bits per heavy atom. The molecular formula is C21H32N4O5. The highest BCUT2D eigenvalue weighted by Gasteiger charge is 2.27. The molecule has 1 rings (SSSR count). The predicted octanol–water partition coefficient (Wildman–Crippen LogP) is 0.358. The quantitative estimate of drug-likeness (QED) is 0.358. The van der Waals surface area contributed by atoms with Gasteiger partial charge in [-0.05, 0) is 31.2 Å². The zero-order chi connectivity index (χ0) is 22.7. The van der Waals surface area contributed by atoms with Gasteiger partial charge < -0.3 is 26.8 Å². The molecule has 3 atom stereocenters. The Balaban J connectivity index is 2.62. The maximum Gasteiger partial charge on any atom is 0.328 e. The fourth-order valence-electron chi connectivity index (χ4n) is 2.63. The van der Waals surface area contributed by atoms with Gasteiger partial charge in [0, 0.05) is 6.42 Å². The molecule has 0 bridgehead atoms. The summed E-state index contributed by atoms with van der Waals surface area (Å²) >= 11 is 0. The van der Waals surface area contributed by atoms with Gasteiger partial charge in [0.2, 0.25) is 17.7 Å². The average molecular weight is 421 g/mol. The second-order valence-electron chi connectivity index (χ2n) is 7.63. The van der Waals surface area contributed by atoms with E-state index < -0.39 is 41.8 Å². The molecule has 1 aromatic rings. The van der Waals surface area contributed by atoms with E-state index in [0.717, 1.165) is 5.56 Å². The van der Waals surface area contributed by atoms with E-state index in [1.165, 1.54) is 6.92 Å². The van der Waals surface area contributed by atoms with Crippen LogP contribution in [0.4, 0.5) is 0 Å². The normalized spacial score (nSPS) is 13.8. The predicted molar refractivity (Wildman–Crippen MR) is 112 cm³/mol. The van der Waals surface area contributed by atoms with Crippen molar-refractivity contribution in [2.45, 2.75) is 64.8 Å². The zero-order valence-electron chi connectivity index (χ0n) is 17.7. The molecule has 6 N–H and O–H groups in total. The van der Waals surface area contributed by atoms with Crippen LogP contribution in [0.2, 0.25) is 0 Å². The van der Waals surface area contributed by atoms with E-state index in [9.17, 15) is 19.2 Å². The first kappa shape index (κ1) is 25.1. The molecule has 0 unspecified atom stereocenters. The third-order valence-corrected chi connectivity index (χ3v) is 4.32. The van der Waals surface area contributed by atoms with Crippen LogP contribution < -0.4 is 22.1 Å². The summed E-state index contributed by atoms with van der Waals surface area (Å²) in [6.07, 6.45) is 0.439. The van der Waals surface area contributed by atoms with E-state index in [4.69, 9.17) is 16.2 Å². The molecule has 3 amide bonds. The summed E-state index contributed by atoms with van der Waals surface area (Å²) in [4.78, 5) is 47.9. The number of carbonyl (C=O) groups is 4. The summed E-state index contributed by atoms with van der Waals surface area (Å²) in [5, 5.41) is 5.11. The van der Waals surface area contributed by atoms with Crippen molar-refractivity contribution in [2.75, 3.05) is 0 Å². The minimum atomic E-state index is -0.963. The molecule has 166 valence electrons. The highest BCUT2D eigenvalue weighted by Crippen LogP contribution is 2.09. The minimum absolute atomic E-state index is 0.0289. The summed E-state index contributed by atoms with van der Waals surface area (Å²) in [5.41, 5.74) is 11.6. The lowest BCUT2D eigenvalue weighted by molar-refractivity contribution is -0.149. The van der Waals surface area contributed by atoms with Gasteiger partial charge in [0.05, 0.1) is 6.04 Å². The minimum Gasteiger partial charge on any atom is -0.459 e. The highest BCUT2D eigenvalue weighted by molar-refractivity contribution is 5.91. The maximum absolute atomic E-state index is 12.5. The van der Waals surface area contributed by atoms with Gasteiger partial charge in [-0.1, -0.05) is 44.2 Å². The lowest BCUT2D eigenvalue weighted by Crippen LogP contribution is -2.53. The Kier molecular flexibility index (Phi) is 10.5. The molecule has 1 aromatic carbocycles. The summed E-state index contributed by atoms with van der Waals surface area (Å²) in [6, 6.07) is 6.49. The molecule has 0 aliphatic rings. The molecule has 0 radical (unpaired) electrons. The fourth-order valence-corrected chi connectivity index (χ4v) is 2.63. The van der Waals surface area contributed by atoms with E-state index in [0.29, 0.717) is 6.42 Å². The van der Waals surface area contributed by atoms with Crippen molar-refractivity contribution in [1.29, 1.82) is 0 Å². The summed E-state index contributed by atoms with van der Waals surface area (Å²) in [6.45, 7) is 5.43. The standard InChI is InChI=1S/C21H32N4O5/c1-13(2)11-17(21(29)30-12-15-7-5-4-6-8-15)25-19(27)14(3)24-20(28)16(22)9-10-18(23)26/h4-8,13-14,16-17H,9-12,22H2,1-3H3,(H2,23,26)(H,24,28)(H,25,27)/t14-,16-,17-/m0/s1. The van der Waals surface area contributed by atoms with Gasteiger partial charge in [-0.15, -0.1) is 0 Å². The van der Waals surface area contributed by atoms with Crippen molar-refractivity contribution in [1.82, 2.24) is 10.6 Å². The van der Waals surface area contributed by atoms with Gasteiger partial charge >= 0.3 is 5.97 Å². The lowest BCUT2D eigenvalue weighted by Gasteiger charge is -2.22. The van der Waals surface area contributed by atoms with E-state index in [1.807, 2.05) is 44.2 Å². The maximum atomic E-state index is 12.5. The van der Waals surface area contributed by atoms with Crippen LogP contribution in [-0.2, 0) is 30.5 Å². The molecule has 30 heavy (non-hydrogen) atoms. The largest absolute Gasteiger partial charge is 0.459 e. The Labute approximate surface area is 176 Å². The second kappa shape index (κ2) is 12.6. The van der Waals surface area contributed by atoms with E-state index in [-0.39, 0.29) is 25.4 Å². The van der Waals surface area contributed by atoms with Crippen LogP contribution in [0.1, 0.15) is 45.6 Å². The summed E-state index contributed by atoms with van der Waals surface area (Å²) in [7, 11) is 0. The van der Waals surface area contributed by atoms with Gasteiger partial charge in [-0.25, -0.2) is 4.79 Å². The monoisotopic (exact) mass is 420 g/mol. The van der Waals surface area contributed by atoms with Gasteiger partial charge in [0.1, 0.15) is 18.7 Å². The van der Waals surface area contributed by atoms with Crippen LogP contribution in [0, 0.1) is 5.92 Å². The number of nitrogens with one attached hydrogen (secondary N) is 2. The molecule has 0 aliphatic heterocycles. The second-order valence-corrected chi connectivity index (χ2v) is 7.63. The number of rotatable bonds is 12. The van der Waals surface area contributed by atoms with Crippen molar-refractivity contribution in [3.05, 3.63) is 35.9 Å². The Bertz CT molecular complexity index is 723. The molecule has 0 spiro atoms. The van der Waals surface area contributed by atoms with Crippen molar-refractivity contribution < 1.29 is 23.9 Å². The van der Waals surface area contributed by atoms with E-state index >= 15 is 0 Å². The SMILES string of the molecule is CC(C)C[C@H](NC(=O)[C@H](C)NC(=O)[C@@H](N)CCC(N)=O)C(=O)OCc1ccccc1. The van der Waals surface area contributed by atoms with E-state index in [1.54, 1.807) is 0 Å². The number of hydrogen-bond donors (Lipinski definition) is 4. The van der Waals surface area contributed by atoms with E-state index in [2.05, 4.69) is 10.6 Å². The number of esters is 1. The van der Waals surface area contributed by atoms with Gasteiger partial charge in [-0.3, -0.25) is 14.4 Å². The number of carbonyl (C=O) groups excluding carboxylic acids is 4. The Morgan fingerprint density at radius 2 is 1.63 bits per heavy atom. The Hall–Kier alpha value is -2.94. The van der Waals surface area contributed by atoms with Crippen molar-refractivity contribution in [3.8, 4) is 0 Å². The number of nitrogens with two attached hydrogens (primary N) is 2. The number of ether oxygens (including phenoxy) is 1. The third kappa shape index (κ3) is 9.51. The molecule has 9 nitrogen and oxygen atoms in total. The first-order valence-electron chi connectivity index (χ1n) is 9.95. The Morgan fingerprint density at radius 1 is 1.00 bits per heavy atom. The number of amides is 3. The first-order chi connectivity index (χ1) is 14.1. The molecule has 0 aliphatic carbocycles. The fraction of sp³-hybridized carbons (Fsp3) is 0.524. The molecule has 0 fully saturated rings. The first-order valence-corrected chi connectivity index (χ1v) is 9.95. The highest BCUT2D eigenvalue weighted by atomic mass is 16.5. The van der Waals surface area contributed by atoms with Gasteiger partial charge in [0.25, 0.3) is 0 Å².